The lowest BCUT2D eigenvalue weighted by Gasteiger charge is -2.04. The van der Waals surface area contributed by atoms with E-state index in [2.05, 4.69) is 0 Å². The molecular formula is C12H12O4. The molecule has 0 radical (unpaired) electrons. The van der Waals surface area contributed by atoms with Gasteiger partial charge in [0.25, 0.3) is 0 Å². The molecule has 0 bridgehead atoms. The van der Waals surface area contributed by atoms with Crippen LogP contribution in [0.15, 0.2) is 35.9 Å². The molecule has 0 unspecified atom stereocenters. The van der Waals surface area contributed by atoms with Crippen molar-refractivity contribution in [1.82, 2.24) is 0 Å². The lowest BCUT2D eigenvalue weighted by atomic mass is 10.2. The molecule has 0 saturated heterocycles. The van der Waals surface area contributed by atoms with Gasteiger partial charge in [-0.1, -0.05) is 17.7 Å². The molecule has 0 aliphatic rings. The van der Waals surface area contributed by atoms with Gasteiger partial charge in [0, 0.05) is 6.08 Å². The highest BCUT2D eigenvalue weighted by Gasteiger charge is 2.12. The number of carboxylic acids is 1. The van der Waals surface area contributed by atoms with E-state index in [0.717, 1.165) is 5.57 Å². The summed E-state index contributed by atoms with van der Waals surface area (Å²) in [5.41, 5.74) is 0.760. The van der Waals surface area contributed by atoms with Crippen molar-refractivity contribution in [3.63, 3.8) is 0 Å². The summed E-state index contributed by atoms with van der Waals surface area (Å²) < 4.78 is 4.92. The molecule has 84 valence electrons. The van der Waals surface area contributed by atoms with Crippen LogP contribution in [0.2, 0.25) is 0 Å². The second kappa shape index (κ2) is 5.11. The molecule has 4 nitrogen and oxygen atoms in total. The minimum Gasteiger partial charge on any atom is -0.478 e. The summed E-state index contributed by atoms with van der Waals surface area (Å²) in [7, 11) is 0. The number of carboxylic acid groups (broad SMARTS) is 1. The number of carbonyl (C=O) groups is 2. The van der Waals surface area contributed by atoms with Gasteiger partial charge in [-0.3, -0.25) is 0 Å². The molecule has 0 fully saturated rings. The first-order chi connectivity index (χ1) is 7.50. The van der Waals surface area contributed by atoms with Crippen molar-refractivity contribution < 1.29 is 19.4 Å². The SMILES string of the molecule is CC(C)=CC(=O)Oc1ccccc1C(=O)O. The predicted octanol–water partition coefficient (Wildman–Crippen LogP) is 2.26. The van der Waals surface area contributed by atoms with Crippen LogP contribution in [-0.4, -0.2) is 17.0 Å². The highest BCUT2D eigenvalue weighted by Crippen LogP contribution is 2.18. The van der Waals surface area contributed by atoms with Gasteiger partial charge in [0.1, 0.15) is 11.3 Å². The third kappa shape index (κ3) is 3.24. The summed E-state index contributed by atoms with van der Waals surface area (Å²) in [5, 5.41) is 8.85. The fourth-order valence-electron chi connectivity index (χ4n) is 1.11. The highest BCUT2D eigenvalue weighted by molar-refractivity contribution is 5.93. The molecule has 0 aliphatic heterocycles. The number of rotatable bonds is 3. The lowest BCUT2D eigenvalue weighted by molar-refractivity contribution is -0.129. The second-order valence-corrected chi connectivity index (χ2v) is 3.44. The number of benzene rings is 1. The maximum Gasteiger partial charge on any atom is 0.339 e. The predicted molar refractivity (Wildman–Crippen MR) is 58.5 cm³/mol. The van der Waals surface area contributed by atoms with Crippen LogP contribution in [-0.2, 0) is 4.79 Å². The van der Waals surface area contributed by atoms with Crippen molar-refractivity contribution in [2.24, 2.45) is 0 Å². The van der Waals surface area contributed by atoms with Crippen LogP contribution < -0.4 is 4.74 Å². The van der Waals surface area contributed by atoms with E-state index in [0.29, 0.717) is 0 Å². The summed E-state index contributed by atoms with van der Waals surface area (Å²) in [6.07, 6.45) is 1.30. The van der Waals surface area contributed by atoms with E-state index >= 15 is 0 Å². The molecule has 1 N–H and O–H groups in total. The van der Waals surface area contributed by atoms with Crippen LogP contribution in [0, 0.1) is 0 Å². The van der Waals surface area contributed by atoms with Gasteiger partial charge >= 0.3 is 11.9 Å². The van der Waals surface area contributed by atoms with Gasteiger partial charge in [-0.05, 0) is 26.0 Å². The van der Waals surface area contributed by atoms with Crippen molar-refractivity contribution in [2.45, 2.75) is 13.8 Å². The van der Waals surface area contributed by atoms with Gasteiger partial charge in [-0.15, -0.1) is 0 Å². The van der Waals surface area contributed by atoms with Crippen LogP contribution >= 0.6 is 0 Å². The van der Waals surface area contributed by atoms with Crippen molar-refractivity contribution in [2.75, 3.05) is 0 Å². The lowest BCUT2D eigenvalue weighted by Crippen LogP contribution is -2.08. The van der Waals surface area contributed by atoms with E-state index in [9.17, 15) is 9.59 Å². The van der Waals surface area contributed by atoms with Crippen molar-refractivity contribution >= 4 is 11.9 Å². The van der Waals surface area contributed by atoms with Gasteiger partial charge in [0.2, 0.25) is 0 Å². The van der Waals surface area contributed by atoms with Crippen LogP contribution in [0.25, 0.3) is 0 Å². The van der Waals surface area contributed by atoms with Crippen LogP contribution in [0.5, 0.6) is 5.75 Å². The fraction of sp³-hybridized carbons (Fsp3) is 0.167. The van der Waals surface area contributed by atoms with Gasteiger partial charge < -0.3 is 9.84 Å². The Morgan fingerprint density at radius 3 is 2.44 bits per heavy atom. The first-order valence-corrected chi connectivity index (χ1v) is 4.69. The van der Waals surface area contributed by atoms with Gasteiger partial charge in [0.05, 0.1) is 0 Å². The first kappa shape index (κ1) is 12.0. The highest BCUT2D eigenvalue weighted by atomic mass is 16.5. The molecule has 0 atom stereocenters. The van der Waals surface area contributed by atoms with E-state index in [4.69, 9.17) is 9.84 Å². The van der Waals surface area contributed by atoms with Crippen LogP contribution in [0.3, 0.4) is 0 Å². The number of hydrogen-bond acceptors (Lipinski definition) is 3. The number of esters is 1. The zero-order valence-corrected chi connectivity index (χ0v) is 9.06. The summed E-state index contributed by atoms with van der Waals surface area (Å²) in [5.74, 6) is -1.65. The average Bonchev–Trinajstić information content (AvgIpc) is 2.16. The number of para-hydroxylation sites is 1. The Morgan fingerprint density at radius 2 is 1.88 bits per heavy atom. The Labute approximate surface area is 93.2 Å². The molecule has 4 heteroatoms. The van der Waals surface area contributed by atoms with E-state index in [1.54, 1.807) is 26.0 Å². The number of ether oxygens (including phenoxy) is 1. The Morgan fingerprint density at radius 1 is 1.25 bits per heavy atom. The van der Waals surface area contributed by atoms with Crippen molar-refractivity contribution in [1.29, 1.82) is 0 Å². The smallest absolute Gasteiger partial charge is 0.339 e. The fourth-order valence-corrected chi connectivity index (χ4v) is 1.11. The molecule has 0 aliphatic carbocycles. The molecule has 0 aromatic heterocycles. The zero-order chi connectivity index (χ0) is 12.1. The number of allylic oxidation sites excluding steroid dienone is 1. The molecule has 0 heterocycles. The average molecular weight is 220 g/mol. The molecule has 1 aromatic rings. The van der Waals surface area contributed by atoms with Crippen LogP contribution in [0.4, 0.5) is 0 Å². The largest absolute Gasteiger partial charge is 0.478 e. The molecule has 0 saturated carbocycles. The standard InChI is InChI=1S/C12H12O4/c1-8(2)7-11(13)16-10-6-4-3-5-9(10)12(14)15/h3-7H,1-2H3,(H,14,15). The maximum atomic E-state index is 11.3. The van der Waals surface area contributed by atoms with Gasteiger partial charge in [-0.25, -0.2) is 9.59 Å². The van der Waals surface area contributed by atoms with Crippen LogP contribution in [0.1, 0.15) is 24.2 Å². The molecule has 1 aromatic carbocycles. The Balaban J connectivity index is 2.93. The maximum absolute atomic E-state index is 11.3. The zero-order valence-electron chi connectivity index (χ0n) is 9.06. The summed E-state index contributed by atoms with van der Waals surface area (Å²) >= 11 is 0. The third-order valence-corrected chi connectivity index (χ3v) is 1.73. The van der Waals surface area contributed by atoms with E-state index in [1.165, 1.54) is 18.2 Å². The number of hydrogen-bond donors (Lipinski definition) is 1. The van der Waals surface area contributed by atoms with E-state index in [-0.39, 0.29) is 11.3 Å². The normalized spacial score (nSPS) is 9.38. The van der Waals surface area contributed by atoms with E-state index < -0.39 is 11.9 Å². The summed E-state index contributed by atoms with van der Waals surface area (Å²) in [4.78, 5) is 22.1. The Hall–Kier alpha value is -2.10. The quantitative estimate of drug-likeness (QED) is 0.482. The summed E-state index contributed by atoms with van der Waals surface area (Å²) in [6.45, 7) is 3.51. The first-order valence-electron chi connectivity index (χ1n) is 4.69. The van der Waals surface area contributed by atoms with Crippen molar-refractivity contribution in [3.05, 3.63) is 41.5 Å². The topological polar surface area (TPSA) is 63.6 Å². The number of carbonyl (C=O) groups excluding carboxylic acids is 1. The molecule has 0 amide bonds. The third-order valence-electron chi connectivity index (χ3n) is 1.73. The van der Waals surface area contributed by atoms with Gasteiger partial charge in [0.15, 0.2) is 0 Å². The van der Waals surface area contributed by atoms with Gasteiger partial charge in [-0.2, -0.15) is 0 Å². The Kier molecular flexibility index (Phi) is 3.83. The minimum atomic E-state index is -1.12. The molecule has 0 spiro atoms. The molecule has 16 heavy (non-hydrogen) atoms. The molecule has 1 rings (SSSR count). The Bertz CT molecular complexity index is 442. The summed E-state index contributed by atoms with van der Waals surface area (Å²) in [6, 6.07) is 6.01. The minimum absolute atomic E-state index is 0.0296. The van der Waals surface area contributed by atoms with E-state index in [1.807, 2.05) is 0 Å². The number of aromatic carboxylic acids is 1. The second-order valence-electron chi connectivity index (χ2n) is 3.44. The monoisotopic (exact) mass is 220 g/mol. The van der Waals surface area contributed by atoms with Crippen molar-refractivity contribution in [3.8, 4) is 5.75 Å². The molecular weight excluding hydrogens is 208 g/mol.